The molecular weight excluding hydrogens is 596 g/mol. The van der Waals surface area contributed by atoms with Crippen LogP contribution in [0.5, 0.6) is 0 Å². The van der Waals surface area contributed by atoms with Crippen molar-refractivity contribution in [3.8, 4) is 0 Å². The van der Waals surface area contributed by atoms with Crippen molar-refractivity contribution in [2.45, 2.75) is 39.5 Å². The van der Waals surface area contributed by atoms with Crippen LogP contribution < -0.4 is 10.5 Å². The molecule has 6 nitrogen and oxygen atoms in total. The Morgan fingerprint density at radius 1 is 1.27 bits per heavy atom. The second-order valence-corrected chi connectivity index (χ2v) is 9.30. The molecule has 1 aliphatic rings. The van der Waals surface area contributed by atoms with Gasteiger partial charge in [0.05, 0.1) is 42.4 Å². The predicted octanol–water partition coefficient (Wildman–Crippen LogP) is 5.68. The molecule has 0 saturated heterocycles. The molecule has 0 radical (unpaired) electrons. The number of fused-ring (bicyclic) bond motifs is 1. The molecule has 0 amide bonds. The molecule has 0 aliphatic carbocycles. The molecule has 33 heavy (non-hydrogen) atoms. The van der Waals surface area contributed by atoms with Crippen LogP contribution in [-0.2, 0) is 25.7 Å². The molecule has 4 rings (SSSR count). The third-order valence-electron chi connectivity index (χ3n) is 5.03. The number of hydrogen-bond acceptors (Lipinski definition) is 4. The lowest BCUT2D eigenvalue weighted by Crippen LogP contribution is -2.33. The molecule has 1 atom stereocenters. The van der Waals surface area contributed by atoms with Crippen molar-refractivity contribution < 1.29 is 17.6 Å². The Bertz CT molecular complexity index is 1200. The van der Waals surface area contributed by atoms with E-state index in [2.05, 4.69) is 10.1 Å². The van der Waals surface area contributed by atoms with Crippen LogP contribution in [0.15, 0.2) is 35.5 Å². The molecule has 0 fully saturated rings. The fourth-order valence-electron chi connectivity index (χ4n) is 3.55. The maximum absolute atomic E-state index is 13.4. The molecule has 1 unspecified atom stereocenters. The first-order valence-electron chi connectivity index (χ1n) is 9.97. The molecule has 0 N–H and O–H groups in total. The van der Waals surface area contributed by atoms with Gasteiger partial charge in [0.25, 0.3) is 5.56 Å². The van der Waals surface area contributed by atoms with E-state index >= 15 is 0 Å². The summed E-state index contributed by atoms with van der Waals surface area (Å²) in [4.78, 5) is 18.5. The third kappa shape index (κ3) is 5.51. The zero-order valence-electron chi connectivity index (χ0n) is 17.6. The Kier molecular flexibility index (Phi) is 8.39. The van der Waals surface area contributed by atoms with E-state index < -0.39 is 17.6 Å². The quantitative estimate of drug-likeness (QED) is 0.215. The summed E-state index contributed by atoms with van der Waals surface area (Å²) in [5.41, 5.74) is 0.557. The topological polar surface area (TPSA) is 56.0 Å². The lowest BCUT2D eigenvalue weighted by atomic mass is 10.1. The average Bonchev–Trinajstić information content (AvgIpc) is 3.19. The van der Waals surface area contributed by atoms with E-state index in [0.29, 0.717) is 37.0 Å². The summed E-state index contributed by atoms with van der Waals surface area (Å²) < 4.78 is 56.2. The number of nitrogens with zero attached hydrogens (tertiary/aromatic N) is 5. The lowest BCUT2D eigenvalue weighted by molar-refractivity contribution is -0.138. The molecule has 0 spiro atoms. The largest absolute Gasteiger partial charge is 0.416 e. The van der Waals surface area contributed by atoms with Gasteiger partial charge in [-0.15, -0.1) is 0 Å². The fraction of sp³-hybridized carbons (Fsp3) is 0.350. The minimum atomic E-state index is -4.66. The SMILES string of the molecule is CC.O=c1c(Cl)c(N2CCc3c(ncn3Cc3ccc(F)cc3C(F)(F)F)C2)cnn1PI. The van der Waals surface area contributed by atoms with E-state index in [1.807, 2.05) is 40.8 Å². The van der Waals surface area contributed by atoms with Crippen LogP contribution >= 0.6 is 40.0 Å². The summed E-state index contributed by atoms with van der Waals surface area (Å²) >= 11 is 8.28. The number of anilines is 1. The van der Waals surface area contributed by atoms with Gasteiger partial charge < -0.3 is 9.47 Å². The Morgan fingerprint density at radius 3 is 2.67 bits per heavy atom. The van der Waals surface area contributed by atoms with Crippen molar-refractivity contribution in [2.24, 2.45) is 0 Å². The molecule has 13 heteroatoms. The molecule has 3 aromatic rings. The van der Waals surface area contributed by atoms with Gasteiger partial charge in [0.2, 0.25) is 0 Å². The van der Waals surface area contributed by atoms with E-state index in [1.54, 1.807) is 4.57 Å². The lowest BCUT2D eigenvalue weighted by Gasteiger charge is -2.29. The van der Waals surface area contributed by atoms with E-state index in [4.69, 9.17) is 11.6 Å². The Hall–Kier alpha value is -1.72. The molecule has 1 aliphatic heterocycles. The van der Waals surface area contributed by atoms with Crippen LogP contribution in [0.4, 0.5) is 23.2 Å². The second-order valence-electron chi connectivity index (χ2n) is 6.88. The van der Waals surface area contributed by atoms with Gasteiger partial charge in [-0.3, -0.25) is 4.79 Å². The van der Waals surface area contributed by atoms with Gasteiger partial charge in [-0.2, -0.15) is 18.3 Å². The normalized spacial score (nSPS) is 13.8. The summed E-state index contributed by atoms with van der Waals surface area (Å²) in [6.45, 7) is 4.76. The monoisotopic (exact) mass is 615 g/mol. The van der Waals surface area contributed by atoms with Gasteiger partial charge in [0.1, 0.15) is 10.8 Å². The molecular formula is C20H20ClF4IN5OP. The zero-order valence-corrected chi connectivity index (χ0v) is 21.5. The summed E-state index contributed by atoms with van der Waals surface area (Å²) in [6, 6.07) is 2.67. The summed E-state index contributed by atoms with van der Waals surface area (Å²) in [7, 11) is 0. The Labute approximate surface area is 207 Å². The summed E-state index contributed by atoms with van der Waals surface area (Å²) in [5.74, 6) is -0.935. The number of rotatable bonds is 4. The standard InChI is InChI=1S/C18H14ClF4IN5OP.C2H6/c19-16-15(6-26-29(31-24)17(16)30)27-4-3-14-13(8-27)25-9-28(14)7-10-1-2-11(20)5-12(10)18(21,22)23;1-2/h1-2,5-6,9,31H,3-4,7-8H2;1-2H3. The number of benzene rings is 1. The Balaban J connectivity index is 0.00000149. The minimum Gasteiger partial charge on any atom is -0.362 e. The van der Waals surface area contributed by atoms with E-state index in [0.717, 1.165) is 17.8 Å². The zero-order chi connectivity index (χ0) is 24.3. The number of hydrogen-bond donors (Lipinski definition) is 0. The van der Waals surface area contributed by atoms with Crippen molar-refractivity contribution in [3.63, 3.8) is 0 Å². The fourth-order valence-corrected chi connectivity index (χ4v) is 5.19. The Morgan fingerprint density at radius 2 is 2.00 bits per heavy atom. The van der Waals surface area contributed by atoms with Gasteiger partial charge in [-0.05, 0) is 39.7 Å². The van der Waals surface area contributed by atoms with Gasteiger partial charge in [0.15, 0.2) is 0 Å². The average molecular weight is 616 g/mol. The van der Waals surface area contributed by atoms with Gasteiger partial charge in [0, 0.05) is 25.2 Å². The van der Waals surface area contributed by atoms with E-state index in [1.165, 1.54) is 17.0 Å². The van der Waals surface area contributed by atoms with E-state index in [9.17, 15) is 22.4 Å². The van der Waals surface area contributed by atoms with Crippen LogP contribution in [0.2, 0.25) is 5.02 Å². The maximum Gasteiger partial charge on any atom is 0.416 e. The molecule has 3 heterocycles. The van der Waals surface area contributed by atoms with Gasteiger partial charge >= 0.3 is 6.18 Å². The highest BCUT2D eigenvalue weighted by atomic mass is 127. The van der Waals surface area contributed by atoms with Crippen molar-refractivity contribution in [1.29, 1.82) is 0 Å². The summed E-state index contributed by atoms with van der Waals surface area (Å²) in [5, 5.41) is 4.18. The highest BCUT2D eigenvalue weighted by Gasteiger charge is 2.34. The van der Waals surface area contributed by atoms with Crippen molar-refractivity contribution in [1.82, 2.24) is 19.1 Å². The minimum absolute atomic E-state index is 0.0352. The summed E-state index contributed by atoms with van der Waals surface area (Å²) in [6.07, 6.45) is -1.03. The molecule has 178 valence electrons. The maximum atomic E-state index is 13.4. The van der Waals surface area contributed by atoms with Crippen LogP contribution in [0.25, 0.3) is 0 Å². The molecule has 2 aromatic heterocycles. The van der Waals surface area contributed by atoms with Crippen molar-refractivity contribution in [2.75, 3.05) is 11.4 Å². The van der Waals surface area contributed by atoms with Gasteiger partial charge in [-0.1, -0.05) is 31.5 Å². The van der Waals surface area contributed by atoms with Crippen LogP contribution in [-0.4, -0.2) is 25.6 Å². The van der Waals surface area contributed by atoms with Crippen LogP contribution in [0.1, 0.15) is 36.4 Å². The van der Waals surface area contributed by atoms with E-state index in [-0.39, 0.29) is 29.1 Å². The first-order valence-corrected chi connectivity index (χ1v) is 14.4. The molecule has 1 aromatic carbocycles. The number of alkyl halides is 3. The van der Waals surface area contributed by atoms with Crippen molar-refractivity contribution in [3.05, 3.63) is 74.4 Å². The number of halogens is 6. The first-order chi connectivity index (χ1) is 15.7. The van der Waals surface area contributed by atoms with Gasteiger partial charge in [-0.25, -0.2) is 13.8 Å². The highest BCUT2D eigenvalue weighted by Crippen LogP contribution is 2.34. The van der Waals surface area contributed by atoms with Crippen molar-refractivity contribution >= 4 is 45.7 Å². The molecule has 0 saturated carbocycles. The third-order valence-corrected chi connectivity index (χ3v) is 7.24. The predicted molar refractivity (Wildman–Crippen MR) is 130 cm³/mol. The van der Waals surface area contributed by atoms with Crippen LogP contribution in [0, 0.1) is 5.82 Å². The van der Waals surface area contributed by atoms with Crippen LogP contribution in [0.3, 0.4) is 0 Å². The highest BCUT2D eigenvalue weighted by molar-refractivity contribution is 14.2. The smallest absolute Gasteiger partial charge is 0.362 e. The first kappa shape index (κ1) is 25.9. The number of aromatic nitrogens is 4. The number of imidazole rings is 1. The molecule has 0 bridgehead atoms. The second kappa shape index (κ2) is 10.7.